The van der Waals surface area contributed by atoms with Gasteiger partial charge in [0.1, 0.15) is 5.78 Å². The normalized spacial score (nSPS) is 35.2. The second kappa shape index (κ2) is 12.2. The Hall–Kier alpha value is -1.19. The summed E-state index contributed by atoms with van der Waals surface area (Å²) >= 11 is 0. The molecule has 0 N–H and O–H groups in total. The van der Waals surface area contributed by atoms with Crippen LogP contribution in [0.25, 0.3) is 0 Å². The van der Waals surface area contributed by atoms with Gasteiger partial charge in [-0.15, -0.1) is 11.8 Å². The Morgan fingerprint density at radius 1 is 1.06 bits per heavy atom. The summed E-state index contributed by atoms with van der Waals surface area (Å²) in [6.07, 6.45) is 14.7. The molecule has 2 unspecified atom stereocenters. The number of ether oxygens (including phenoxy) is 4. The number of fused-ring (bicyclic) bond motifs is 1. The SMILES string of the molecule is CCC#CCC(C)(C)[C@@H](C=C[C@@H]1[C@H]2CC(=O)C[C@H]2C[C@H]1OC1CCCCO1)OC1CCCCO1. The zero-order chi connectivity index (χ0) is 24.0. The summed E-state index contributed by atoms with van der Waals surface area (Å²) in [7, 11) is 0. The van der Waals surface area contributed by atoms with Crippen molar-refractivity contribution in [1.82, 2.24) is 0 Å². The minimum atomic E-state index is -0.158. The van der Waals surface area contributed by atoms with Gasteiger partial charge >= 0.3 is 0 Å². The molecule has 5 heteroatoms. The Labute approximate surface area is 206 Å². The third kappa shape index (κ3) is 6.72. The molecule has 4 aliphatic rings. The van der Waals surface area contributed by atoms with Gasteiger partial charge in [-0.1, -0.05) is 32.9 Å². The fraction of sp³-hybridized carbons (Fsp3) is 0.828. The highest BCUT2D eigenvalue weighted by atomic mass is 16.7. The first-order valence-corrected chi connectivity index (χ1v) is 13.7. The molecule has 4 fully saturated rings. The van der Waals surface area contributed by atoms with Crippen LogP contribution in [0.4, 0.5) is 0 Å². The highest BCUT2D eigenvalue weighted by Gasteiger charge is 2.48. The molecular formula is C29H44O5. The standard InChI is InChI=1S/C29H44O5/c1-4-5-8-15-29(2,3)26(34-28-12-7-10-17-32-28)14-13-23-24-20-22(30)18-21(24)19-25(23)33-27-11-6-9-16-31-27/h13-14,21,23-28H,4,6-7,9-12,15-20H2,1-3H3/t21-,23+,24-,25+,26+,27?,28?/m0/s1. The van der Waals surface area contributed by atoms with Crippen molar-refractivity contribution in [2.45, 2.75) is 116 Å². The van der Waals surface area contributed by atoms with Gasteiger partial charge in [0.2, 0.25) is 0 Å². The van der Waals surface area contributed by atoms with E-state index in [1.165, 1.54) is 0 Å². The predicted molar refractivity (Wildman–Crippen MR) is 132 cm³/mol. The lowest BCUT2D eigenvalue weighted by molar-refractivity contribution is -0.197. The van der Waals surface area contributed by atoms with Crippen LogP contribution in [0.3, 0.4) is 0 Å². The number of carbonyl (C=O) groups is 1. The molecule has 5 nitrogen and oxygen atoms in total. The van der Waals surface area contributed by atoms with E-state index in [0.717, 1.165) is 71.0 Å². The van der Waals surface area contributed by atoms with Gasteiger partial charge in [-0.2, -0.15) is 0 Å². The molecule has 2 saturated carbocycles. The molecule has 2 saturated heterocycles. The number of hydrogen-bond acceptors (Lipinski definition) is 5. The monoisotopic (exact) mass is 472 g/mol. The van der Waals surface area contributed by atoms with Crippen LogP contribution in [0.5, 0.6) is 0 Å². The van der Waals surface area contributed by atoms with Crippen molar-refractivity contribution in [3.05, 3.63) is 12.2 Å². The summed E-state index contributed by atoms with van der Waals surface area (Å²) in [6.45, 7) is 8.10. The number of hydrogen-bond donors (Lipinski definition) is 0. The summed E-state index contributed by atoms with van der Waals surface area (Å²) in [4.78, 5) is 12.3. The van der Waals surface area contributed by atoms with Crippen molar-refractivity contribution in [1.29, 1.82) is 0 Å². The highest BCUT2D eigenvalue weighted by molar-refractivity contribution is 5.81. The van der Waals surface area contributed by atoms with E-state index in [9.17, 15) is 4.79 Å². The third-order valence-electron chi connectivity index (χ3n) is 8.04. The fourth-order valence-electron chi connectivity index (χ4n) is 6.04. The van der Waals surface area contributed by atoms with Crippen LogP contribution in [-0.2, 0) is 23.7 Å². The molecule has 0 aromatic rings. The Bertz CT molecular complexity index is 750. The maximum Gasteiger partial charge on any atom is 0.158 e. The van der Waals surface area contributed by atoms with E-state index in [1.807, 2.05) is 0 Å². The van der Waals surface area contributed by atoms with Gasteiger partial charge in [0.15, 0.2) is 12.6 Å². The van der Waals surface area contributed by atoms with Gasteiger partial charge in [0.25, 0.3) is 0 Å². The third-order valence-corrected chi connectivity index (χ3v) is 8.04. The fourth-order valence-corrected chi connectivity index (χ4v) is 6.04. The topological polar surface area (TPSA) is 54.0 Å². The van der Waals surface area contributed by atoms with E-state index in [1.54, 1.807) is 0 Å². The first-order chi connectivity index (χ1) is 16.5. The van der Waals surface area contributed by atoms with Crippen molar-refractivity contribution in [3.63, 3.8) is 0 Å². The molecule has 34 heavy (non-hydrogen) atoms. The van der Waals surface area contributed by atoms with Gasteiger partial charge in [0.05, 0.1) is 12.2 Å². The number of rotatable bonds is 8. The van der Waals surface area contributed by atoms with Crippen LogP contribution < -0.4 is 0 Å². The Balaban J connectivity index is 1.51. The quantitative estimate of drug-likeness (QED) is 0.330. The predicted octanol–water partition coefficient (Wildman–Crippen LogP) is 5.81. The van der Waals surface area contributed by atoms with Crippen LogP contribution in [0, 0.1) is 35.0 Å². The summed E-state index contributed by atoms with van der Waals surface area (Å²) in [5, 5.41) is 0. The summed E-state index contributed by atoms with van der Waals surface area (Å²) in [5.41, 5.74) is -0.147. The van der Waals surface area contributed by atoms with Crippen LogP contribution in [0.2, 0.25) is 0 Å². The summed E-state index contributed by atoms with van der Waals surface area (Å²) in [6, 6.07) is 0. The minimum absolute atomic E-state index is 0.104. The van der Waals surface area contributed by atoms with Crippen LogP contribution in [-0.4, -0.2) is 43.8 Å². The highest BCUT2D eigenvalue weighted by Crippen LogP contribution is 2.49. The lowest BCUT2D eigenvalue weighted by Gasteiger charge is -2.35. The molecule has 0 aromatic heterocycles. The second-order valence-corrected chi connectivity index (χ2v) is 11.3. The average Bonchev–Trinajstić information content (AvgIpc) is 3.33. The first kappa shape index (κ1) is 25.9. The molecule has 0 bridgehead atoms. The summed E-state index contributed by atoms with van der Waals surface area (Å²) in [5.74, 6) is 7.97. The molecule has 2 aliphatic heterocycles. The van der Waals surface area contributed by atoms with E-state index in [2.05, 4.69) is 44.8 Å². The maximum absolute atomic E-state index is 12.3. The number of carbonyl (C=O) groups excluding carboxylic acids is 1. The Morgan fingerprint density at radius 3 is 2.47 bits per heavy atom. The first-order valence-electron chi connectivity index (χ1n) is 13.7. The molecule has 0 amide bonds. The zero-order valence-electron chi connectivity index (χ0n) is 21.4. The van der Waals surface area contributed by atoms with E-state index in [0.29, 0.717) is 30.5 Å². The van der Waals surface area contributed by atoms with Crippen LogP contribution >= 0.6 is 0 Å². The van der Waals surface area contributed by atoms with E-state index < -0.39 is 0 Å². The van der Waals surface area contributed by atoms with Crippen molar-refractivity contribution >= 4 is 5.78 Å². The van der Waals surface area contributed by atoms with Gasteiger partial charge in [-0.3, -0.25) is 4.79 Å². The van der Waals surface area contributed by atoms with Gasteiger partial charge in [0, 0.05) is 50.2 Å². The average molecular weight is 473 g/mol. The zero-order valence-corrected chi connectivity index (χ0v) is 21.4. The van der Waals surface area contributed by atoms with Crippen molar-refractivity contribution in [3.8, 4) is 11.8 Å². The molecule has 4 rings (SSSR count). The van der Waals surface area contributed by atoms with Gasteiger partial charge < -0.3 is 18.9 Å². The van der Waals surface area contributed by atoms with Crippen LogP contribution in [0.1, 0.15) is 91.4 Å². The van der Waals surface area contributed by atoms with Gasteiger partial charge in [-0.25, -0.2) is 0 Å². The molecule has 2 heterocycles. The Morgan fingerprint density at radius 2 is 1.79 bits per heavy atom. The lowest BCUT2D eigenvalue weighted by Crippen LogP contribution is -2.36. The maximum atomic E-state index is 12.3. The lowest BCUT2D eigenvalue weighted by atomic mass is 9.81. The summed E-state index contributed by atoms with van der Waals surface area (Å²) < 4.78 is 24.9. The van der Waals surface area contributed by atoms with Gasteiger partial charge in [-0.05, 0) is 56.8 Å². The Kier molecular flexibility index (Phi) is 9.27. The molecule has 190 valence electrons. The molecule has 0 aromatic carbocycles. The molecule has 0 spiro atoms. The van der Waals surface area contributed by atoms with Crippen molar-refractivity contribution in [2.75, 3.05) is 13.2 Å². The van der Waals surface area contributed by atoms with E-state index >= 15 is 0 Å². The smallest absolute Gasteiger partial charge is 0.158 e. The van der Waals surface area contributed by atoms with E-state index in [4.69, 9.17) is 18.9 Å². The van der Waals surface area contributed by atoms with E-state index in [-0.39, 0.29) is 36.1 Å². The number of Topliss-reactive ketones (excluding diaryl/α,β-unsaturated/α-hetero) is 1. The largest absolute Gasteiger partial charge is 0.353 e. The van der Waals surface area contributed by atoms with Crippen LogP contribution in [0.15, 0.2) is 12.2 Å². The second-order valence-electron chi connectivity index (χ2n) is 11.3. The molecule has 0 radical (unpaired) electrons. The van der Waals surface area contributed by atoms with Crippen molar-refractivity contribution < 1.29 is 23.7 Å². The number of ketones is 1. The molecule has 7 atom stereocenters. The van der Waals surface area contributed by atoms with Crippen molar-refractivity contribution in [2.24, 2.45) is 23.2 Å². The molecule has 2 aliphatic carbocycles. The molecular weight excluding hydrogens is 428 g/mol. The minimum Gasteiger partial charge on any atom is -0.353 e.